The molecule has 0 saturated carbocycles. The number of nitrogens with one attached hydrogen (secondary N) is 1. The number of amides is 1. The first-order chi connectivity index (χ1) is 9.08. The fourth-order valence-corrected chi connectivity index (χ4v) is 1.49. The lowest BCUT2D eigenvalue weighted by Crippen LogP contribution is -2.16. The van der Waals surface area contributed by atoms with Crippen molar-refractivity contribution in [1.29, 1.82) is 0 Å². The van der Waals surface area contributed by atoms with Gasteiger partial charge in [-0.1, -0.05) is 23.7 Å². The molecular weight excluding hydrogens is 270 g/mol. The van der Waals surface area contributed by atoms with Gasteiger partial charge in [-0.2, -0.15) is 0 Å². The number of para-hydroxylation sites is 1. The summed E-state index contributed by atoms with van der Waals surface area (Å²) in [6, 6.07) is 6.08. The number of aromatic nitrogens is 2. The third-order valence-electron chi connectivity index (χ3n) is 2.26. The van der Waals surface area contributed by atoms with E-state index >= 15 is 0 Å². The third-order valence-corrected chi connectivity index (χ3v) is 2.45. The first-order valence-corrected chi connectivity index (χ1v) is 5.57. The van der Waals surface area contributed by atoms with Crippen LogP contribution in [0.15, 0.2) is 36.7 Å². The Morgan fingerprint density at radius 3 is 2.53 bits per heavy atom. The number of carboxylic acids is 1. The Hall–Kier alpha value is -2.47. The highest BCUT2D eigenvalue weighted by molar-refractivity contribution is 6.29. The van der Waals surface area contributed by atoms with Gasteiger partial charge in [0.05, 0.1) is 23.6 Å². The molecule has 0 fully saturated rings. The van der Waals surface area contributed by atoms with Crippen molar-refractivity contribution in [2.75, 3.05) is 5.32 Å². The average molecular weight is 278 g/mol. The summed E-state index contributed by atoms with van der Waals surface area (Å²) in [5.74, 6) is -1.68. The molecule has 6 nitrogen and oxygen atoms in total. The Morgan fingerprint density at radius 2 is 1.89 bits per heavy atom. The maximum absolute atomic E-state index is 11.9. The summed E-state index contributed by atoms with van der Waals surface area (Å²) in [5.41, 5.74) is 0.235. The van der Waals surface area contributed by atoms with Crippen LogP contribution in [0.3, 0.4) is 0 Å². The zero-order chi connectivity index (χ0) is 13.8. The molecule has 1 amide bonds. The molecule has 0 atom stereocenters. The number of carbonyl (C=O) groups is 2. The summed E-state index contributed by atoms with van der Waals surface area (Å²) < 4.78 is 0. The highest BCUT2D eigenvalue weighted by atomic mass is 35.5. The Kier molecular flexibility index (Phi) is 3.72. The van der Waals surface area contributed by atoms with E-state index in [0.717, 1.165) is 0 Å². The first-order valence-electron chi connectivity index (χ1n) is 5.19. The van der Waals surface area contributed by atoms with Crippen molar-refractivity contribution in [2.24, 2.45) is 0 Å². The zero-order valence-corrected chi connectivity index (χ0v) is 10.3. The minimum absolute atomic E-state index is 0.00206. The number of benzene rings is 1. The Morgan fingerprint density at radius 1 is 1.16 bits per heavy atom. The molecule has 1 aromatic carbocycles. The van der Waals surface area contributed by atoms with Gasteiger partial charge in [0.15, 0.2) is 0 Å². The summed E-state index contributed by atoms with van der Waals surface area (Å²) >= 11 is 5.56. The van der Waals surface area contributed by atoms with Crippen LogP contribution in [0.1, 0.15) is 20.8 Å². The van der Waals surface area contributed by atoms with Gasteiger partial charge in [-0.05, 0) is 12.1 Å². The van der Waals surface area contributed by atoms with Gasteiger partial charge in [-0.3, -0.25) is 4.79 Å². The second kappa shape index (κ2) is 5.45. The summed E-state index contributed by atoms with van der Waals surface area (Å²) in [4.78, 5) is 30.4. The molecule has 2 rings (SSSR count). The Balaban J connectivity index is 2.24. The van der Waals surface area contributed by atoms with Crippen LogP contribution in [0.5, 0.6) is 0 Å². The third kappa shape index (κ3) is 3.05. The van der Waals surface area contributed by atoms with E-state index in [2.05, 4.69) is 15.3 Å². The standard InChI is InChI=1S/C12H8ClN3O3/c13-10-6-14-9(5-15-10)11(17)16-8-4-2-1-3-7(8)12(18)19/h1-6H,(H,16,17)(H,18,19). The fourth-order valence-electron chi connectivity index (χ4n) is 1.39. The second-order valence-electron chi connectivity index (χ2n) is 3.53. The van der Waals surface area contributed by atoms with Gasteiger partial charge in [0.25, 0.3) is 5.91 Å². The quantitative estimate of drug-likeness (QED) is 0.896. The lowest BCUT2D eigenvalue weighted by molar-refractivity contribution is 0.0698. The van der Waals surface area contributed by atoms with E-state index < -0.39 is 11.9 Å². The molecule has 0 radical (unpaired) electrons. The van der Waals surface area contributed by atoms with Crippen molar-refractivity contribution in [3.05, 3.63) is 53.1 Å². The number of carbonyl (C=O) groups excluding carboxylic acids is 1. The van der Waals surface area contributed by atoms with Crippen LogP contribution in [0.25, 0.3) is 0 Å². The van der Waals surface area contributed by atoms with Gasteiger partial charge in [0, 0.05) is 0 Å². The van der Waals surface area contributed by atoms with E-state index in [1.54, 1.807) is 12.1 Å². The van der Waals surface area contributed by atoms with Crippen molar-refractivity contribution in [1.82, 2.24) is 9.97 Å². The predicted molar refractivity (Wildman–Crippen MR) is 68.4 cm³/mol. The number of anilines is 1. The maximum Gasteiger partial charge on any atom is 0.337 e. The largest absolute Gasteiger partial charge is 0.478 e. The molecule has 2 N–H and O–H groups in total. The molecule has 0 aliphatic heterocycles. The topological polar surface area (TPSA) is 92.2 Å². The molecule has 0 saturated heterocycles. The summed E-state index contributed by atoms with van der Waals surface area (Å²) in [6.07, 6.45) is 2.45. The van der Waals surface area contributed by atoms with Gasteiger partial charge in [0.1, 0.15) is 10.8 Å². The van der Waals surface area contributed by atoms with Gasteiger partial charge in [-0.15, -0.1) is 0 Å². The molecule has 1 aromatic heterocycles. The van der Waals surface area contributed by atoms with Gasteiger partial charge in [-0.25, -0.2) is 14.8 Å². The van der Waals surface area contributed by atoms with Crippen LogP contribution in [0.4, 0.5) is 5.69 Å². The number of hydrogen-bond donors (Lipinski definition) is 2. The molecule has 7 heteroatoms. The minimum Gasteiger partial charge on any atom is -0.478 e. The van der Waals surface area contributed by atoms with Gasteiger partial charge in [0.2, 0.25) is 0 Å². The lowest BCUT2D eigenvalue weighted by atomic mass is 10.2. The van der Waals surface area contributed by atoms with Crippen LogP contribution >= 0.6 is 11.6 Å². The number of nitrogens with zero attached hydrogens (tertiary/aromatic N) is 2. The molecule has 0 aliphatic rings. The number of rotatable bonds is 3. The van der Waals surface area contributed by atoms with Crippen molar-refractivity contribution in [3.63, 3.8) is 0 Å². The van der Waals surface area contributed by atoms with Crippen molar-refractivity contribution in [2.45, 2.75) is 0 Å². The van der Waals surface area contributed by atoms with Crippen LogP contribution < -0.4 is 5.32 Å². The van der Waals surface area contributed by atoms with Gasteiger partial charge < -0.3 is 10.4 Å². The van der Waals surface area contributed by atoms with Crippen LogP contribution in [0, 0.1) is 0 Å². The van der Waals surface area contributed by atoms with Crippen LogP contribution in [-0.4, -0.2) is 27.0 Å². The monoisotopic (exact) mass is 277 g/mol. The molecular formula is C12H8ClN3O3. The van der Waals surface area contributed by atoms with Crippen LogP contribution in [-0.2, 0) is 0 Å². The molecule has 0 unspecified atom stereocenters. The first kappa shape index (κ1) is 13.0. The van der Waals surface area contributed by atoms with E-state index in [1.807, 2.05) is 0 Å². The highest BCUT2D eigenvalue weighted by Crippen LogP contribution is 2.15. The lowest BCUT2D eigenvalue weighted by Gasteiger charge is -2.07. The molecule has 0 bridgehead atoms. The Labute approximate surface area is 113 Å². The smallest absolute Gasteiger partial charge is 0.337 e. The van der Waals surface area contributed by atoms with Crippen molar-refractivity contribution in [3.8, 4) is 0 Å². The molecule has 1 heterocycles. The minimum atomic E-state index is -1.13. The maximum atomic E-state index is 11.9. The van der Waals surface area contributed by atoms with Crippen molar-refractivity contribution < 1.29 is 14.7 Å². The van der Waals surface area contributed by atoms with E-state index in [0.29, 0.717) is 0 Å². The van der Waals surface area contributed by atoms with E-state index in [4.69, 9.17) is 16.7 Å². The number of aromatic carboxylic acids is 1. The van der Waals surface area contributed by atoms with E-state index in [1.165, 1.54) is 24.5 Å². The average Bonchev–Trinajstić information content (AvgIpc) is 2.39. The molecule has 19 heavy (non-hydrogen) atoms. The predicted octanol–water partition coefficient (Wildman–Crippen LogP) is 2.08. The number of carboxylic acid groups (broad SMARTS) is 1. The normalized spacial score (nSPS) is 9.95. The van der Waals surface area contributed by atoms with Crippen molar-refractivity contribution >= 4 is 29.2 Å². The summed E-state index contributed by atoms with van der Waals surface area (Å²) in [5, 5.41) is 11.6. The Bertz CT molecular complexity index is 628. The summed E-state index contributed by atoms with van der Waals surface area (Å²) in [7, 11) is 0. The molecule has 96 valence electrons. The van der Waals surface area contributed by atoms with E-state index in [-0.39, 0.29) is 22.1 Å². The van der Waals surface area contributed by atoms with E-state index in [9.17, 15) is 9.59 Å². The van der Waals surface area contributed by atoms with Gasteiger partial charge >= 0.3 is 5.97 Å². The number of hydrogen-bond acceptors (Lipinski definition) is 4. The second-order valence-corrected chi connectivity index (χ2v) is 3.92. The molecule has 2 aromatic rings. The number of halogens is 1. The molecule has 0 aliphatic carbocycles. The fraction of sp³-hybridized carbons (Fsp3) is 0. The van der Waals surface area contributed by atoms with Crippen LogP contribution in [0.2, 0.25) is 5.15 Å². The summed E-state index contributed by atoms with van der Waals surface area (Å²) in [6.45, 7) is 0. The SMILES string of the molecule is O=C(Nc1ccccc1C(=O)O)c1cnc(Cl)cn1. The zero-order valence-electron chi connectivity index (χ0n) is 9.50. The molecule has 0 spiro atoms. The highest BCUT2D eigenvalue weighted by Gasteiger charge is 2.13.